The Morgan fingerprint density at radius 2 is 1.70 bits per heavy atom. The minimum absolute atomic E-state index is 0.286. The van der Waals surface area contributed by atoms with Crippen molar-refractivity contribution in [1.82, 2.24) is 4.90 Å². The van der Waals surface area contributed by atoms with Gasteiger partial charge in [-0.25, -0.2) is 0 Å². The fraction of sp³-hybridized carbons (Fsp3) is 0.588. The zero-order valence-electron chi connectivity index (χ0n) is 12.9. The molecule has 0 saturated heterocycles. The molecule has 1 aromatic rings. The van der Waals surface area contributed by atoms with Crippen molar-refractivity contribution in [2.24, 2.45) is 5.92 Å². The standard InChI is InChI=1S/C17H26N2O/c1-18(2)16-10-8-15(9-11-16)13-19(3)17(20)12-14-6-4-5-7-14/h8-11,14H,4-7,12-13H2,1-3H3. The average Bonchev–Trinajstić information content (AvgIpc) is 2.92. The first-order valence-electron chi connectivity index (χ1n) is 7.56. The minimum Gasteiger partial charge on any atom is -0.378 e. The number of nitrogens with zero attached hydrogens (tertiary/aromatic N) is 2. The van der Waals surface area contributed by atoms with Crippen molar-refractivity contribution in [2.45, 2.75) is 38.6 Å². The van der Waals surface area contributed by atoms with Crippen LogP contribution in [0.25, 0.3) is 0 Å². The van der Waals surface area contributed by atoms with Crippen molar-refractivity contribution in [1.29, 1.82) is 0 Å². The molecule has 110 valence electrons. The maximum Gasteiger partial charge on any atom is 0.222 e. The molecule has 20 heavy (non-hydrogen) atoms. The van der Waals surface area contributed by atoms with Crippen LogP contribution in [-0.4, -0.2) is 32.0 Å². The summed E-state index contributed by atoms with van der Waals surface area (Å²) in [5, 5.41) is 0. The number of amides is 1. The number of hydrogen-bond acceptors (Lipinski definition) is 2. The molecule has 1 aliphatic carbocycles. The molecule has 2 rings (SSSR count). The number of benzene rings is 1. The maximum absolute atomic E-state index is 12.2. The van der Waals surface area contributed by atoms with Crippen LogP contribution in [0, 0.1) is 5.92 Å². The van der Waals surface area contributed by atoms with Gasteiger partial charge in [0.15, 0.2) is 0 Å². The lowest BCUT2D eigenvalue weighted by Gasteiger charge is -2.20. The van der Waals surface area contributed by atoms with Gasteiger partial charge in [0, 0.05) is 39.8 Å². The summed E-state index contributed by atoms with van der Waals surface area (Å²) in [6.45, 7) is 0.708. The van der Waals surface area contributed by atoms with Gasteiger partial charge in [-0.15, -0.1) is 0 Å². The second-order valence-corrected chi connectivity index (χ2v) is 6.17. The van der Waals surface area contributed by atoms with Crippen LogP contribution in [0.2, 0.25) is 0 Å². The molecule has 0 bridgehead atoms. The van der Waals surface area contributed by atoms with Crippen LogP contribution in [0.15, 0.2) is 24.3 Å². The third-order valence-electron chi connectivity index (χ3n) is 4.24. The highest BCUT2D eigenvalue weighted by Crippen LogP contribution is 2.28. The van der Waals surface area contributed by atoms with E-state index in [1.54, 1.807) is 0 Å². The SMILES string of the molecule is CN(Cc1ccc(N(C)C)cc1)C(=O)CC1CCCC1. The molecule has 0 N–H and O–H groups in total. The van der Waals surface area contributed by atoms with E-state index in [4.69, 9.17) is 0 Å². The minimum atomic E-state index is 0.286. The molecule has 1 amide bonds. The lowest BCUT2D eigenvalue weighted by Crippen LogP contribution is -2.27. The molecule has 0 aliphatic heterocycles. The van der Waals surface area contributed by atoms with Crippen LogP contribution in [0.1, 0.15) is 37.7 Å². The Hall–Kier alpha value is -1.51. The molecular formula is C17H26N2O. The van der Waals surface area contributed by atoms with E-state index < -0.39 is 0 Å². The zero-order valence-corrected chi connectivity index (χ0v) is 12.9. The Balaban J connectivity index is 1.86. The Morgan fingerprint density at radius 1 is 1.10 bits per heavy atom. The number of rotatable bonds is 5. The van der Waals surface area contributed by atoms with Crippen LogP contribution >= 0.6 is 0 Å². The van der Waals surface area contributed by atoms with Crippen LogP contribution in [0.5, 0.6) is 0 Å². The highest BCUT2D eigenvalue weighted by atomic mass is 16.2. The van der Waals surface area contributed by atoms with Crippen LogP contribution in [0.3, 0.4) is 0 Å². The van der Waals surface area contributed by atoms with E-state index in [1.165, 1.54) is 36.9 Å². The molecule has 1 saturated carbocycles. The first kappa shape index (κ1) is 14.9. The van der Waals surface area contributed by atoms with Crippen molar-refractivity contribution in [2.75, 3.05) is 26.0 Å². The second kappa shape index (κ2) is 6.78. The third-order valence-corrected chi connectivity index (χ3v) is 4.24. The fourth-order valence-electron chi connectivity index (χ4n) is 2.88. The van der Waals surface area contributed by atoms with Gasteiger partial charge in [0.05, 0.1) is 0 Å². The van der Waals surface area contributed by atoms with Crippen molar-refractivity contribution >= 4 is 11.6 Å². The molecule has 3 heteroatoms. The summed E-state index contributed by atoms with van der Waals surface area (Å²) in [7, 11) is 5.98. The first-order valence-corrected chi connectivity index (χ1v) is 7.56. The van der Waals surface area contributed by atoms with E-state index in [1.807, 2.05) is 26.0 Å². The van der Waals surface area contributed by atoms with Crippen molar-refractivity contribution in [3.05, 3.63) is 29.8 Å². The Bertz CT molecular complexity index is 433. The molecule has 3 nitrogen and oxygen atoms in total. The van der Waals surface area contributed by atoms with Crippen molar-refractivity contribution in [3.63, 3.8) is 0 Å². The second-order valence-electron chi connectivity index (χ2n) is 6.17. The summed E-state index contributed by atoms with van der Waals surface area (Å²) >= 11 is 0. The Morgan fingerprint density at radius 3 is 2.25 bits per heavy atom. The van der Waals surface area contributed by atoms with E-state index in [-0.39, 0.29) is 5.91 Å². The molecule has 1 aliphatic rings. The van der Waals surface area contributed by atoms with E-state index in [2.05, 4.69) is 29.2 Å². The average molecular weight is 274 g/mol. The number of hydrogen-bond donors (Lipinski definition) is 0. The van der Waals surface area contributed by atoms with Gasteiger partial charge in [-0.1, -0.05) is 25.0 Å². The molecule has 0 aromatic heterocycles. The topological polar surface area (TPSA) is 23.6 Å². The Kier molecular flexibility index (Phi) is 5.05. The van der Waals surface area contributed by atoms with Gasteiger partial charge in [-0.2, -0.15) is 0 Å². The van der Waals surface area contributed by atoms with E-state index in [0.29, 0.717) is 12.5 Å². The summed E-state index contributed by atoms with van der Waals surface area (Å²) in [4.78, 5) is 16.1. The molecule has 0 heterocycles. The van der Waals surface area contributed by atoms with Crippen LogP contribution in [0.4, 0.5) is 5.69 Å². The quantitative estimate of drug-likeness (QED) is 0.822. The van der Waals surface area contributed by atoms with Crippen LogP contribution < -0.4 is 4.90 Å². The van der Waals surface area contributed by atoms with Gasteiger partial charge >= 0.3 is 0 Å². The highest BCUT2D eigenvalue weighted by Gasteiger charge is 2.20. The largest absolute Gasteiger partial charge is 0.378 e. The van der Waals surface area contributed by atoms with Gasteiger partial charge in [0.2, 0.25) is 5.91 Å². The van der Waals surface area contributed by atoms with Gasteiger partial charge in [0.25, 0.3) is 0 Å². The summed E-state index contributed by atoms with van der Waals surface area (Å²) in [6.07, 6.45) is 5.79. The third kappa shape index (κ3) is 3.99. The summed E-state index contributed by atoms with van der Waals surface area (Å²) < 4.78 is 0. The number of anilines is 1. The van der Waals surface area contributed by atoms with Gasteiger partial charge in [-0.3, -0.25) is 4.79 Å². The predicted octanol–water partition coefficient (Wildman–Crippen LogP) is 3.29. The van der Waals surface area contributed by atoms with Crippen LogP contribution in [-0.2, 0) is 11.3 Å². The monoisotopic (exact) mass is 274 g/mol. The first-order chi connectivity index (χ1) is 9.56. The molecule has 0 unspecified atom stereocenters. The number of carbonyl (C=O) groups excluding carboxylic acids is 1. The highest BCUT2D eigenvalue weighted by molar-refractivity contribution is 5.76. The van der Waals surface area contributed by atoms with Gasteiger partial charge < -0.3 is 9.80 Å². The normalized spacial score (nSPS) is 15.3. The molecule has 0 spiro atoms. The maximum atomic E-state index is 12.2. The van der Waals surface area contributed by atoms with E-state index >= 15 is 0 Å². The van der Waals surface area contributed by atoms with Crippen molar-refractivity contribution in [3.8, 4) is 0 Å². The van der Waals surface area contributed by atoms with Gasteiger partial charge in [-0.05, 0) is 36.5 Å². The summed E-state index contributed by atoms with van der Waals surface area (Å²) in [5.74, 6) is 0.912. The fourth-order valence-corrected chi connectivity index (χ4v) is 2.88. The summed E-state index contributed by atoms with van der Waals surface area (Å²) in [5.41, 5.74) is 2.38. The van der Waals surface area contributed by atoms with Gasteiger partial charge in [0.1, 0.15) is 0 Å². The molecular weight excluding hydrogens is 248 g/mol. The zero-order chi connectivity index (χ0) is 14.5. The predicted molar refractivity (Wildman–Crippen MR) is 83.8 cm³/mol. The number of carbonyl (C=O) groups is 1. The molecule has 1 aromatic carbocycles. The lowest BCUT2D eigenvalue weighted by molar-refractivity contribution is -0.131. The smallest absolute Gasteiger partial charge is 0.222 e. The molecule has 1 fully saturated rings. The van der Waals surface area contributed by atoms with Crippen molar-refractivity contribution < 1.29 is 4.79 Å². The summed E-state index contributed by atoms with van der Waals surface area (Å²) in [6, 6.07) is 8.42. The van der Waals surface area contributed by atoms with E-state index in [9.17, 15) is 4.79 Å². The molecule has 0 atom stereocenters. The molecule has 0 radical (unpaired) electrons. The van der Waals surface area contributed by atoms with E-state index in [0.717, 1.165) is 6.42 Å². The Labute approximate surface area is 122 Å². The lowest BCUT2D eigenvalue weighted by atomic mass is 10.0.